The first-order chi connectivity index (χ1) is 9.99. The van der Waals surface area contributed by atoms with Crippen molar-refractivity contribution in [3.63, 3.8) is 0 Å². The fourth-order valence-electron chi connectivity index (χ4n) is 1.94. The van der Waals surface area contributed by atoms with Crippen molar-refractivity contribution in [2.75, 3.05) is 6.54 Å². The van der Waals surface area contributed by atoms with Crippen LogP contribution in [-0.2, 0) is 6.54 Å². The number of hydrogen-bond acceptors (Lipinski definition) is 3. The summed E-state index contributed by atoms with van der Waals surface area (Å²) in [6.45, 7) is 3.52. The molecule has 1 aromatic carbocycles. The van der Waals surface area contributed by atoms with Gasteiger partial charge in [0.25, 0.3) is 0 Å². The highest BCUT2D eigenvalue weighted by Crippen LogP contribution is 2.28. The second kappa shape index (κ2) is 6.62. The van der Waals surface area contributed by atoms with Gasteiger partial charge in [-0.2, -0.15) is 5.10 Å². The number of alkyl halides is 3. The van der Waals surface area contributed by atoms with Crippen molar-refractivity contribution in [2.45, 2.75) is 26.3 Å². The van der Waals surface area contributed by atoms with Gasteiger partial charge in [-0.15, -0.1) is 13.2 Å². The minimum Gasteiger partial charge on any atom is -0.406 e. The maximum Gasteiger partial charge on any atom is 0.573 e. The van der Waals surface area contributed by atoms with Crippen LogP contribution in [0.2, 0.25) is 0 Å². The van der Waals surface area contributed by atoms with Crippen LogP contribution in [0.1, 0.15) is 18.9 Å². The van der Waals surface area contributed by atoms with E-state index in [0.717, 1.165) is 18.5 Å². The standard InChI is InChI=1S/C14H16F3N3O/c1-2-6-18-8-11-9-19-20-13(11)10-4-3-5-12(7-10)21-14(15,16)17/h3-5,7,9,18H,2,6,8H2,1H3,(H,19,20). The fourth-order valence-corrected chi connectivity index (χ4v) is 1.94. The van der Waals surface area contributed by atoms with Crippen molar-refractivity contribution in [1.82, 2.24) is 15.5 Å². The van der Waals surface area contributed by atoms with Crippen LogP contribution in [0.3, 0.4) is 0 Å². The third-order valence-electron chi connectivity index (χ3n) is 2.82. The maximum absolute atomic E-state index is 12.2. The minimum atomic E-state index is -4.70. The van der Waals surface area contributed by atoms with Gasteiger partial charge in [-0.05, 0) is 25.1 Å². The molecule has 7 heteroatoms. The molecule has 0 saturated heterocycles. The predicted octanol–water partition coefficient (Wildman–Crippen LogP) is 3.47. The summed E-state index contributed by atoms with van der Waals surface area (Å²) in [5.74, 6) is -0.248. The Morgan fingerprint density at radius 2 is 2.14 bits per heavy atom. The molecule has 0 atom stereocenters. The Labute approximate surface area is 120 Å². The van der Waals surface area contributed by atoms with Crippen LogP contribution in [0, 0.1) is 0 Å². The number of rotatable bonds is 6. The number of H-pyrrole nitrogens is 1. The molecule has 1 heterocycles. The van der Waals surface area contributed by atoms with Crippen molar-refractivity contribution in [1.29, 1.82) is 0 Å². The van der Waals surface area contributed by atoms with E-state index in [0.29, 0.717) is 17.8 Å². The Hall–Kier alpha value is -2.02. The lowest BCUT2D eigenvalue weighted by atomic mass is 10.1. The van der Waals surface area contributed by atoms with Gasteiger partial charge < -0.3 is 10.1 Å². The summed E-state index contributed by atoms with van der Waals surface area (Å²) in [4.78, 5) is 0. The Balaban J connectivity index is 2.18. The van der Waals surface area contributed by atoms with Crippen molar-refractivity contribution in [3.8, 4) is 17.0 Å². The van der Waals surface area contributed by atoms with Crippen molar-refractivity contribution < 1.29 is 17.9 Å². The number of aromatic amines is 1. The molecule has 2 N–H and O–H groups in total. The molecule has 0 unspecified atom stereocenters. The van der Waals surface area contributed by atoms with E-state index >= 15 is 0 Å². The normalized spacial score (nSPS) is 11.6. The summed E-state index contributed by atoms with van der Waals surface area (Å²) in [5, 5.41) is 9.99. The Kier molecular flexibility index (Phi) is 4.85. The van der Waals surface area contributed by atoms with E-state index in [4.69, 9.17) is 0 Å². The highest BCUT2D eigenvalue weighted by Gasteiger charge is 2.31. The highest BCUT2D eigenvalue weighted by molar-refractivity contribution is 5.64. The van der Waals surface area contributed by atoms with Gasteiger partial charge in [0.05, 0.1) is 11.9 Å². The Morgan fingerprint density at radius 3 is 2.86 bits per heavy atom. The van der Waals surface area contributed by atoms with Gasteiger partial charge in [-0.3, -0.25) is 5.10 Å². The van der Waals surface area contributed by atoms with E-state index in [2.05, 4.69) is 27.2 Å². The Morgan fingerprint density at radius 1 is 1.33 bits per heavy atom. The topological polar surface area (TPSA) is 49.9 Å². The van der Waals surface area contributed by atoms with Crippen molar-refractivity contribution in [2.24, 2.45) is 0 Å². The number of nitrogens with zero attached hydrogens (tertiary/aromatic N) is 1. The predicted molar refractivity (Wildman–Crippen MR) is 72.7 cm³/mol. The third kappa shape index (κ3) is 4.49. The maximum atomic E-state index is 12.2. The van der Waals surface area contributed by atoms with Crippen LogP contribution >= 0.6 is 0 Å². The second-order valence-corrected chi connectivity index (χ2v) is 4.52. The quantitative estimate of drug-likeness (QED) is 0.803. The number of halogens is 3. The first-order valence-corrected chi connectivity index (χ1v) is 6.58. The van der Waals surface area contributed by atoms with Crippen molar-refractivity contribution >= 4 is 0 Å². The van der Waals surface area contributed by atoms with Crippen LogP contribution in [0.15, 0.2) is 30.5 Å². The molecule has 0 saturated carbocycles. The molecule has 0 aliphatic rings. The van der Waals surface area contributed by atoms with Gasteiger partial charge >= 0.3 is 6.36 Å². The average molecular weight is 299 g/mol. The highest BCUT2D eigenvalue weighted by atomic mass is 19.4. The molecule has 0 aliphatic heterocycles. The molecule has 21 heavy (non-hydrogen) atoms. The molecule has 0 amide bonds. The number of hydrogen-bond donors (Lipinski definition) is 2. The molecule has 1 aromatic heterocycles. The monoisotopic (exact) mass is 299 g/mol. The van der Waals surface area contributed by atoms with Gasteiger partial charge in [-0.25, -0.2) is 0 Å². The molecule has 0 radical (unpaired) electrons. The minimum absolute atomic E-state index is 0.248. The molecule has 0 aliphatic carbocycles. The smallest absolute Gasteiger partial charge is 0.406 e. The largest absolute Gasteiger partial charge is 0.573 e. The van der Waals surface area contributed by atoms with E-state index in [-0.39, 0.29) is 5.75 Å². The zero-order valence-corrected chi connectivity index (χ0v) is 11.5. The van der Waals surface area contributed by atoms with E-state index < -0.39 is 6.36 Å². The van der Waals surface area contributed by atoms with Gasteiger partial charge in [0.1, 0.15) is 5.75 Å². The summed E-state index contributed by atoms with van der Waals surface area (Å²) in [6.07, 6.45) is -2.03. The van der Waals surface area contributed by atoms with Gasteiger partial charge in [0.15, 0.2) is 0 Å². The number of ether oxygens (including phenoxy) is 1. The zero-order valence-electron chi connectivity index (χ0n) is 11.5. The first kappa shape index (κ1) is 15.4. The zero-order chi connectivity index (χ0) is 15.3. The third-order valence-corrected chi connectivity index (χ3v) is 2.82. The van der Waals surface area contributed by atoms with E-state index in [1.54, 1.807) is 12.3 Å². The molecule has 114 valence electrons. The van der Waals surface area contributed by atoms with Gasteiger partial charge in [0, 0.05) is 17.7 Å². The Bertz CT molecular complexity index is 581. The first-order valence-electron chi connectivity index (χ1n) is 6.58. The molecule has 2 rings (SSSR count). The number of nitrogens with one attached hydrogen (secondary N) is 2. The summed E-state index contributed by atoms with van der Waals surface area (Å²) in [7, 11) is 0. The van der Waals surface area contributed by atoms with Crippen LogP contribution in [0.4, 0.5) is 13.2 Å². The molecule has 0 spiro atoms. The number of benzene rings is 1. The summed E-state index contributed by atoms with van der Waals surface area (Å²) < 4.78 is 40.7. The van der Waals surface area contributed by atoms with Gasteiger partial charge in [0.2, 0.25) is 0 Å². The molecule has 2 aromatic rings. The summed E-state index contributed by atoms with van der Waals surface area (Å²) in [5.41, 5.74) is 2.18. The van der Waals surface area contributed by atoms with E-state index in [1.807, 2.05) is 0 Å². The van der Waals surface area contributed by atoms with Crippen LogP contribution in [0.5, 0.6) is 5.75 Å². The van der Waals surface area contributed by atoms with Gasteiger partial charge in [-0.1, -0.05) is 19.1 Å². The lowest BCUT2D eigenvalue weighted by Crippen LogP contribution is -2.17. The van der Waals surface area contributed by atoms with Crippen LogP contribution < -0.4 is 10.1 Å². The average Bonchev–Trinajstić information content (AvgIpc) is 2.86. The molecular weight excluding hydrogens is 283 g/mol. The summed E-state index contributed by atoms with van der Waals surface area (Å²) in [6, 6.07) is 5.83. The van der Waals surface area contributed by atoms with Crippen LogP contribution in [0.25, 0.3) is 11.3 Å². The molecule has 0 fully saturated rings. The fraction of sp³-hybridized carbons (Fsp3) is 0.357. The number of aromatic nitrogens is 2. The van der Waals surface area contributed by atoms with E-state index in [1.165, 1.54) is 18.2 Å². The molecule has 4 nitrogen and oxygen atoms in total. The van der Waals surface area contributed by atoms with Crippen LogP contribution in [-0.4, -0.2) is 23.1 Å². The van der Waals surface area contributed by atoms with Crippen molar-refractivity contribution in [3.05, 3.63) is 36.0 Å². The van der Waals surface area contributed by atoms with E-state index in [9.17, 15) is 13.2 Å². The summed E-state index contributed by atoms with van der Waals surface area (Å²) >= 11 is 0. The second-order valence-electron chi connectivity index (χ2n) is 4.52. The molecule has 0 bridgehead atoms. The molecular formula is C14H16F3N3O. The SMILES string of the molecule is CCCNCc1cn[nH]c1-c1cccc(OC(F)(F)F)c1. The lowest BCUT2D eigenvalue weighted by molar-refractivity contribution is -0.274. The lowest BCUT2D eigenvalue weighted by Gasteiger charge is -2.10.